The molecule has 0 N–H and O–H groups in total. The molecule has 7 nitrogen and oxygen atoms in total. The highest BCUT2D eigenvalue weighted by Crippen LogP contribution is 2.27. The molecule has 0 radical (unpaired) electrons. The van der Waals surface area contributed by atoms with Crippen molar-refractivity contribution in [2.75, 3.05) is 24.5 Å². The number of hydrogen-bond donors (Lipinski definition) is 0. The number of hydrogen-bond acceptors (Lipinski definition) is 6. The van der Waals surface area contributed by atoms with Crippen LogP contribution in [0.25, 0.3) is 11.0 Å². The van der Waals surface area contributed by atoms with Crippen molar-refractivity contribution in [1.29, 1.82) is 0 Å². The van der Waals surface area contributed by atoms with Crippen LogP contribution in [0.2, 0.25) is 0 Å². The number of sulfonamides is 1. The van der Waals surface area contributed by atoms with Gasteiger partial charge in [0, 0.05) is 31.4 Å². The van der Waals surface area contributed by atoms with E-state index in [1.165, 1.54) is 9.87 Å². The molecular weight excluding hydrogens is 352 g/mol. The minimum Gasteiger partial charge on any atom is -0.366 e. The van der Waals surface area contributed by atoms with Crippen molar-refractivity contribution < 1.29 is 13.0 Å². The van der Waals surface area contributed by atoms with Gasteiger partial charge in [-0.2, -0.15) is 4.31 Å². The number of rotatable bonds is 3. The van der Waals surface area contributed by atoms with Crippen LogP contribution in [-0.2, 0) is 10.0 Å². The minimum atomic E-state index is -3.66. The number of piperazine rings is 1. The van der Waals surface area contributed by atoms with E-state index in [2.05, 4.69) is 46.4 Å². The largest absolute Gasteiger partial charge is 0.366 e. The second kappa shape index (κ2) is 6.37. The van der Waals surface area contributed by atoms with Crippen molar-refractivity contribution in [2.45, 2.75) is 24.8 Å². The molecule has 26 heavy (non-hydrogen) atoms. The summed E-state index contributed by atoms with van der Waals surface area (Å²) in [4.78, 5) is 2.39. The average Bonchev–Trinajstić information content (AvgIpc) is 3.11. The van der Waals surface area contributed by atoms with E-state index in [1.54, 1.807) is 18.2 Å². The zero-order valence-corrected chi connectivity index (χ0v) is 15.5. The first-order valence-corrected chi connectivity index (χ1v) is 9.95. The first-order valence-electron chi connectivity index (χ1n) is 8.51. The standard InChI is InChI=1S/C18H20N4O3S/c1-13-6-8-15(9-7-13)22-11-10-21(12-14(22)2)26(23,24)17-5-3-4-16-18(17)20-25-19-16/h3-9,14H,10-12H2,1-2H3. The fraction of sp³-hybridized carbons (Fsp3) is 0.333. The normalized spacial score (nSPS) is 19.2. The molecule has 0 spiro atoms. The Morgan fingerprint density at radius 1 is 1.08 bits per heavy atom. The topological polar surface area (TPSA) is 79.5 Å². The van der Waals surface area contributed by atoms with Gasteiger partial charge >= 0.3 is 0 Å². The first kappa shape index (κ1) is 17.0. The van der Waals surface area contributed by atoms with E-state index in [0.717, 1.165) is 5.69 Å². The summed E-state index contributed by atoms with van der Waals surface area (Å²) in [6.07, 6.45) is 0. The van der Waals surface area contributed by atoms with Gasteiger partial charge in [0.05, 0.1) is 0 Å². The number of aromatic nitrogens is 2. The summed E-state index contributed by atoms with van der Waals surface area (Å²) in [7, 11) is -3.66. The Balaban J connectivity index is 1.60. The van der Waals surface area contributed by atoms with E-state index in [1.807, 2.05) is 6.92 Å². The molecule has 4 rings (SSSR count). The summed E-state index contributed by atoms with van der Waals surface area (Å²) in [5.41, 5.74) is 3.04. The van der Waals surface area contributed by atoms with Crippen LogP contribution in [0.1, 0.15) is 12.5 Å². The number of benzene rings is 2. The van der Waals surface area contributed by atoms with Crippen molar-refractivity contribution in [3.63, 3.8) is 0 Å². The fourth-order valence-corrected chi connectivity index (χ4v) is 5.04. The average molecular weight is 372 g/mol. The molecule has 1 aromatic heterocycles. The maximum atomic E-state index is 13.1. The van der Waals surface area contributed by atoms with E-state index in [-0.39, 0.29) is 16.5 Å². The van der Waals surface area contributed by atoms with Crippen molar-refractivity contribution in [3.8, 4) is 0 Å². The molecule has 1 fully saturated rings. The lowest BCUT2D eigenvalue weighted by Crippen LogP contribution is -2.53. The molecular formula is C18H20N4O3S. The van der Waals surface area contributed by atoms with Gasteiger partial charge in [0.15, 0.2) is 5.52 Å². The number of fused-ring (bicyclic) bond motifs is 1. The highest BCUT2D eigenvalue weighted by molar-refractivity contribution is 7.89. The number of nitrogens with zero attached hydrogens (tertiary/aromatic N) is 4. The van der Waals surface area contributed by atoms with Crippen molar-refractivity contribution in [1.82, 2.24) is 14.6 Å². The molecule has 0 amide bonds. The van der Waals surface area contributed by atoms with Gasteiger partial charge in [0.2, 0.25) is 10.0 Å². The maximum Gasteiger partial charge on any atom is 0.245 e. The molecule has 1 unspecified atom stereocenters. The molecule has 2 aromatic carbocycles. The summed E-state index contributed by atoms with van der Waals surface area (Å²) in [6.45, 7) is 5.56. The molecule has 0 bridgehead atoms. The Morgan fingerprint density at radius 2 is 1.85 bits per heavy atom. The lowest BCUT2D eigenvalue weighted by atomic mass is 10.1. The quantitative estimate of drug-likeness (QED) is 0.703. The van der Waals surface area contributed by atoms with E-state index < -0.39 is 10.0 Å². The van der Waals surface area contributed by atoms with Gasteiger partial charge < -0.3 is 4.90 Å². The van der Waals surface area contributed by atoms with E-state index in [4.69, 9.17) is 4.63 Å². The monoisotopic (exact) mass is 372 g/mol. The van der Waals surface area contributed by atoms with Gasteiger partial charge in [0.25, 0.3) is 0 Å². The zero-order chi connectivity index (χ0) is 18.3. The second-order valence-electron chi connectivity index (χ2n) is 6.63. The van der Waals surface area contributed by atoms with Gasteiger partial charge in [-0.15, -0.1) is 0 Å². The summed E-state index contributed by atoms with van der Waals surface area (Å²) >= 11 is 0. The molecule has 3 aromatic rings. The third kappa shape index (κ3) is 2.85. The number of anilines is 1. The molecule has 2 heterocycles. The molecule has 1 aliphatic rings. The summed E-state index contributed by atoms with van der Waals surface area (Å²) in [5.74, 6) is 0. The third-order valence-electron chi connectivity index (χ3n) is 4.82. The molecule has 1 aliphatic heterocycles. The smallest absolute Gasteiger partial charge is 0.245 e. The van der Waals surface area contributed by atoms with Gasteiger partial charge in [-0.25, -0.2) is 13.0 Å². The van der Waals surface area contributed by atoms with E-state index in [0.29, 0.717) is 25.2 Å². The molecule has 0 aliphatic carbocycles. The van der Waals surface area contributed by atoms with Crippen LogP contribution in [0.15, 0.2) is 52.0 Å². The van der Waals surface area contributed by atoms with Crippen LogP contribution in [0.3, 0.4) is 0 Å². The minimum absolute atomic E-state index is 0.0656. The third-order valence-corrected chi connectivity index (χ3v) is 6.72. The van der Waals surface area contributed by atoms with Gasteiger partial charge in [-0.05, 0) is 48.4 Å². The zero-order valence-electron chi connectivity index (χ0n) is 14.7. The van der Waals surface area contributed by atoms with Crippen LogP contribution < -0.4 is 4.90 Å². The summed E-state index contributed by atoms with van der Waals surface area (Å²) in [5, 5.41) is 7.50. The highest BCUT2D eigenvalue weighted by Gasteiger charge is 2.34. The lowest BCUT2D eigenvalue weighted by molar-refractivity contribution is 0.314. The highest BCUT2D eigenvalue weighted by atomic mass is 32.2. The molecule has 0 saturated carbocycles. The van der Waals surface area contributed by atoms with Crippen LogP contribution in [0.5, 0.6) is 0 Å². The fourth-order valence-electron chi connectivity index (χ4n) is 3.39. The lowest BCUT2D eigenvalue weighted by Gasteiger charge is -2.40. The van der Waals surface area contributed by atoms with Gasteiger partial charge in [-0.3, -0.25) is 0 Å². The molecule has 8 heteroatoms. The molecule has 136 valence electrons. The molecule has 1 saturated heterocycles. The Kier molecular flexibility index (Phi) is 4.16. The second-order valence-corrected chi connectivity index (χ2v) is 8.54. The van der Waals surface area contributed by atoms with E-state index >= 15 is 0 Å². The molecule has 1 atom stereocenters. The predicted molar refractivity (Wildman–Crippen MR) is 98.5 cm³/mol. The van der Waals surface area contributed by atoms with Crippen molar-refractivity contribution >= 4 is 26.7 Å². The first-order chi connectivity index (χ1) is 12.5. The van der Waals surface area contributed by atoms with Gasteiger partial charge in [-0.1, -0.05) is 23.8 Å². The SMILES string of the molecule is Cc1ccc(N2CCN(S(=O)(=O)c3cccc4nonc34)CC2C)cc1. The Bertz CT molecular complexity index is 1030. The summed E-state index contributed by atoms with van der Waals surface area (Å²) in [6, 6.07) is 13.3. The van der Waals surface area contributed by atoms with Crippen LogP contribution in [0.4, 0.5) is 5.69 Å². The predicted octanol–water partition coefficient (Wildman–Crippen LogP) is 2.43. The van der Waals surface area contributed by atoms with Crippen LogP contribution >= 0.6 is 0 Å². The Morgan fingerprint density at radius 3 is 2.58 bits per heavy atom. The summed E-state index contributed by atoms with van der Waals surface area (Å²) < 4.78 is 32.5. The van der Waals surface area contributed by atoms with Gasteiger partial charge in [0.1, 0.15) is 10.4 Å². The van der Waals surface area contributed by atoms with E-state index in [9.17, 15) is 8.42 Å². The van der Waals surface area contributed by atoms with Crippen LogP contribution in [-0.4, -0.2) is 48.7 Å². The van der Waals surface area contributed by atoms with Crippen molar-refractivity contribution in [2.24, 2.45) is 0 Å². The Hall–Kier alpha value is -2.45. The number of aryl methyl sites for hydroxylation is 1. The van der Waals surface area contributed by atoms with Crippen LogP contribution in [0, 0.1) is 6.92 Å². The van der Waals surface area contributed by atoms with Crippen molar-refractivity contribution in [3.05, 3.63) is 48.0 Å². The Labute approximate surface area is 152 Å². The maximum absolute atomic E-state index is 13.1.